The number of ether oxygens (including phenoxy) is 2. The fourth-order valence-electron chi connectivity index (χ4n) is 2.26. The van der Waals surface area contributed by atoms with Crippen LogP contribution in [0.2, 0.25) is 0 Å². The summed E-state index contributed by atoms with van der Waals surface area (Å²) in [4.78, 5) is 11.2. The maximum absolute atomic E-state index is 12.9. The van der Waals surface area contributed by atoms with Gasteiger partial charge in [-0.2, -0.15) is 0 Å². The molecule has 3 aromatic rings. The smallest absolute Gasteiger partial charge is 0.197 e. The van der Waals surface area contributed by atoms with E-state index in [1.54, 1.807) is 13.8 Å². The van der Waals surface area contributed by atoms with Gasteiger partial charge in [0.05, 0.1) is 55.7 Å². The molecule has 1 aromatic carbocycles. The first-order chi connectivity index (χ1) is 13.9. The summed E-state index contributed by atoms with van der Waals surface area (Å²) in [5.41, 5.74) is 1.56. The predicted octanol–water partition coefficient (Wildman–Crippen LogP) is 2.90. The summed E-state index contributed by atoms with van der Waals surface area (Å²) in [6.45, 7) is 3.30. The van der Waals surface area contributed by atoms with Crippen LogP contribution in [0.4, 0.5) is 0 Å². The van der Waals surface area contributed by atoms with E-state index in [0.29, 0.717) is 16.8 Å². The van der Waals surface area contributed by atoms with Crippen molar-refractivity contribution in [1.82, 2.24) is 15.0 Å². The first-order valence-electron chi connectivity index (χ1n) is 10.0. The van der Waals surface area contributed by atoms with Gasteiger partial charge in [0, 0.05) is 23.4 Å². The number of methoxy groups -OCH3 is 2. The second-order valence-corrected chi connectivity index (χ2v) is 6.47. The van der Waals surface area contributed by atoms with Crippen LogP contribution >= 0.6 is 0 Å². The monoisotopic (exact) mass is 351 g/mol. The molecule has 3 rings (SSSR count). The number of imidazole rings is 1. The maximum atomic E-state index is 12.9. The van der Waals surface area contributed by atoms with Crippen molar-refractivity contribution in [3.05, 3.63) is 41.1 Å². The number of nitrogens with one attached hydrogen (secondary N) is 1. The van der Waals surface area contributed by atoms with E-state index in [-0.39, 0.29) is 51.6 Å². The second-order valence-electron chi connectivity index (χ2n) is 5.11. The van der Waals surface area contributed by atoms with E-state index in [9.17, 15) is 4.21 Å². The lowest BCUT2D eigenvalue weighted by atomic mass is 10.1. The number of aryl methyl sites for hydroxylation is 1. The number of aromatic nitrogens is 3. The van der Waals surface area contributed by atoms with Gasteiger partial charge < -0.3 is 14.5 Å². The molecule has 24 heavy (non-hydrogen) atoms. The molecule has 0 saturated carbocycles. The molecule has 0 aliphatic rings. The van der Waals surface area contributed by atoms with Crippen molar-refractivity contribution < 1.29 is 21.9 Å². The molecule has 0 radical (unpaired) electrons. The Balaban J connectivity index is 1.99. The van der Waals surface area contributed by atoms with Gasteiger partial charge in [0.2, 0.25) is 0 Å². The van der Waals surface area contributed by atoms with Gasteiger partial charge in [-0.25, -0.2) is 4.98 Å². The third-order valence-corrected chi connectivity index (χ3v) is 4.71. The number of pyridine rings is 1. The normalized spacial score (nSPS) is 16.5. The second kappa shape index (κ2) is 6.60. The molecule has 0 amide bonds. The lowest BCUT2D eigenvalue weighted by Crippen LogP contribution is -2.05. The summed E-state index contributed by atoms with van der Waals surface area (Å²) < 4.78 is 69.1. The van der Waals surface area contributed by atoms with E-state index in [2.05, 4.69) is 15.0 Å². The van der Waals surface area contributed by atoms with Gasteiger partial charge in [-0.3, -0.25) is 9.19 Å². The standard InChI is InChI=1S/C17H19N3O3S/c1-10-8-18-15(11(2)16(10)23-4)9-24(21)17-19-13-6-5-12(22-3)7-14(13)20-17/h5-8H,9H2,1-4H3,(H,19,20)/i4D3,5D,6D,7D. The molecule has 1 unspecified atom stereocenters. The molecular weight excluding hydrogens is 326 g/mol. The van der Waals surface area contributed by atoms with Crippen molar-refractivity contribution in [3.8, 4) is 11.5 Å². The van der Waals surface area contributed by atoms with Gasteiger partial charge in [0.25, 0.3) is 0 Å². The lowest BCUT2D eigenvalue weighted by molar-refractivity contribution is 0.407. The minimum Gasteiger partial charge on any atom is -0.497 e. The summed E-state index contributed by atoms with van der Waals surface area (Å²) in [7, 11) is -3.07. The Morgan fingerprint density at radius 1 is 1.38 bits per heavy atom. The third-order valence-electron chi connectivity index (χ3n) is 3.55. The number of nitrogens with zero attached hydrogens (tertiary/aromatic N) is 2. The number of rotatable bonds is 5. The topological polar surface area (TPSA) is 77.1 Å². The van der Waals surface area contributed by atoms with Crippen molar-refractivity contribution in [2.24, 2.45) is 0 Å². The number of hydrogen-bond donors (Lipinski definition) is 1. The lowest BCUT2D eigenvalue weighted by Gasteiger charge is -2.11. The van der Waals surface area contributed by atoms with Crippen LogP contribution in [0.15, 0.2) is 29.5 Å². The minimum absolute atomic E-state index is 0.0136. The van der Waals surface area contributed by atoms with Gasteiger partial charge in [0.15, 0.2) is 5.16 Å². The summed E-state index contributed by atoms with van der Waals surface area (Å²) in [6.07, 6.45) is 1.44. The first kappa shape index (κ1) is 10.5. The Morgan fingerprint density at radius 2 is 2.21 bits per heavy atom. The van der Waals surface area contributed by atoms with Gasteiger partial charge >= 0.3 is 0 Å². The van der Waals surface area contributed by atoms with Crippen LogP contribution in [0.3, 0.4) is 0 Å². The fourth-order valence-corrected chi connectivity index (χ4v) is 3.34. The summed E-state index contributed by atoms with van der Waals surface area (Å²) in [5.74, 6) is -0.00229. The largest absolute Gasteiger partial charge is 0.497 e. The Hall–Kier alpha value is -2.41. The Morgan fingerprint density at radius 3 is 2.96 bits per heavy atom. The average Bonchev–Trinajstić information content (AvgIpc) is 3.11. The Kier molecular flexibility index (Phi) is 2.88. The van der Waals surface area contributed by atoms with Crippen LogP contribution in [0.1, 0.15) is 25.0 Å². The zero-order valence-electron chi connectivity index (χ0n) is 19.3. The van der Waals surface area contributed by atoms with Crippen LogP contribution in [-0.4, -0.2) is 33.3 Å². The molecule has 126 valence electrons. The molecule has 0 spiro atoms. The van der Waals surface area contributed by atoms with E-state index in [1.807, 2.05) is 0 Å². The summed E-state index contributed by atoms with van der Waals surface area (Å²) in [6, 6.07) is -0.668. The first-order valence-corrected chi connectivity index (χ1v) is 8.32. The zero-order chi connectivity index (χ0) is 22.4. The number of aromatic amines is 1. The highest BCUT2D eigenvalue weighted by Crippen LogP contribution is 2.26. The van der Waals surface area contributed by atoms with Crippen molar-refractivity contribution >= 4 is 21.8 Å². The molecule has 2 heterocycles. The number of fused-ring (bicyclic) bond motifs is 1. The van der Waals surface area contributed by atoms with E-state index in [4.69, 9.17) is 17.7 Å². The van der Waals surface area contributed by atoms with Crippen LogP contribution < -0.4 is 9.47 Å². The molecule has 7 heteroatoms. The minimum atomic E-state index is -2.63. The van der Waals surface area contributed by atoms with Gasteiger partial charge in [0.1, 0.15) is 11.5 Å². The summed E-state index contributed by atoms with van der Waals surface area (Å²) in [5, 5.41) is 0.0136. The van der Waals surface area contributed by atoms with Gasteiger partial charge in [-0.05, 0) is 25.9 Å². The van der Waals surface area contributed by atoms with E-state index < -0.39 is 17.8 Å². The number of benzene rings is 1. The molecule has 0 saturated heterocycles. The molecule has 2 aromatic heterocycles. The molecule has 0 fully saturated rings. The van der Waals surface area contributed by atoms with Crippen LogP contribution in [0.5, 0.6) is 11.5 Å². The van der Waals surface area contributed by atoms with Crippen LogP contribution in [0, 0.1) is 13.8 Å². The molecular formula is C17H19N3O3S. The molecule has 1 N–H and O–H groups in total. The van der Waals surface area contributed by atoms with Crippen LogP contribution in [-0.2, 0) is 16.6 Å². The fraction of sp³-hybridized carbons (Fsp3) is 0.294. The van der Waals surface area contributed by atoms with Crippen LogP contribution in [0.25, 0.3) is 11.0 Å². The Labute approximate surface area is 151 Å². The predicted molar refractivity (Wildman–Crippen MR) is 93.0 cm³/mol. The highest BCUT2D eigenvalue weighted by molar-refractivity contribution is 7.84. The maximum Gasteiger partial charge on any atom is 0.197 e. The number of H-pyrrole nitrogens is 1. The average molecular weight is 351 g/mol. The highest BCUT2D eigenvalue weighted by Gasteiger charge is 2.16. The zero-order valence-corrected chi connectivity index (χ0v) is 14.1. The van der Waals surface area contributed by atoms with Crippen molar-refractivity contribution in [2.45, 2.75) is 24.8 Å². The number of hydrogen-bond acceptors (Lipinski definition) is 5. The van der Waals surface area contributed by atoms with E-state index in [0.717, 1.165) is 0 Å². The van der Waals surface area contributed by atoms with Crippen molar-refractivity contribution in [3.63, 3.8) is 0 Å². The molecule has 6 nitrogen and oxygen atoms in total. The highest BCUT2D eigenvalue weighted by atomic mass is 32.2. The molecule has 0 aliphatic carbocycles. The van der Waals surface area contributed by atoms with E-state index in [1.165, 1.54) is 13.3 Å². The van der Waals surface area contributed by atoms with E-state index >= 15 is 0 Å². The van der Waals surface area contributed by atoms with Gasteiger partial charge in [-0.15, -0.1) is 0 Å². The van der Waals surface area contributed by atoms with Crippen molar-refractivity contribution in [2.75, 3.05) is 14.1 Å². The van der Waals surface area contributed by atoms with Crippen molar-refractivity contribution in [1.29, 1.82) is 0 Å². The third kappa shape index (κ3) is 2.99. The SMILES string of the molecule is [2H]c1c(OC)c([2H])c2[nH]c(S(=O)Cc3ncc(C)c(OC([2H])([2H])[2H])c3C)nc2c1[2H]. The molecule has 1 atom stereocenters. The molecule has 0 bridgehead atoms. The van der Waals surface area contributed by atoms with Gasteiger partial charge in [-0.1, -0.05) is 0 Å². The quantitative estimate of drug-likeness (QED) is 0.765. The molecule has 0 aliphatic heterocycles. The summed E-state index contributed by atoms with van der Waals surface area (Å²) >= 11 is 0. The Bertz CT molecular complexity index is 1160.